The lowest BCUT2D eigenvalue weighted by Crippen LogP contribution is -2.32. The number of nitriles is 2. The molecule has 256 valence electrons. The average Bonchev–Trinajstić information content (AvgIpc) is 3.09. The molecule has 0 aromatic rings. The molecule has 0 aliphatic heterocycles. The molecule has 0 spiro atoms. The van der Waals surface area contributed by atoms with Gasteiger partial charge in [-0.05, 0) is 137 Å². The SMILES string of the molecule is CCCCCC1CCC(C(CCOCCC(C2CCC(C#N)CC2)C2CCC(CCCCC)CC2)C2CCC(C#N)CC2)CC1. The number of ether oxygens (including phenoxy) is 1. The lowest BCUT2D eigenvalue weighted by molar-refractivity contribution is 0.0396. The summed E-state index contributed by atoms with van der Waals surface area (Å²) in [4.78, 5) is 0. The van der Waals surface area contributed by atoms with Crippen LogP contribution in [0.2, 0.25) is 0 Å². The van der Waals surface area contributed by atoms with E-state index in [-0.39, 0.29) is 0 Å². The fraction of sp³-hybridized carbons (Fsp3) is 0.952. The maximum atomic E-state index is 9.51. The first-order valence-electron chi connectivity index (χ1n) is 20.5. The number of hydrogen-bond acceptors (Lipinski definition) is 3. The predicted molar refractivity (Wildman–Crippen MR) is 188 cm³/mol. The summed E-state index contributed by atoms with van der Waals surface area (Å²) in [5, 5.41) is 19.0. The van der Waals surface area contributed by atoms with Gasteiger partial charge in [0, 0.05) is 25.0 Å². The van der Waals surface area contributed by atoms with Crippen molar-refractivity contribution >= 4 is 0 Å². The summed E-state index contributed by atoms with van der Waals surface area (Å²) in [6.45, 7) is 6.53. The predicted octanol–water partition coefficient (Wildman–Crippen LogP) is 12.4. The Morgan fingerprint density at radius 3 is 1.13 bits per heavy atom. The second kappa shape index (κ2) is 21.0. The largest absolute Gasteiger partial charge is 0.381 e. The molecular weight excluding hydrogens is 548 g/mol. The summed E-state index contributed by atoms with van der Waals surface area (Å²) in [6, 6.07) is 5.15. The molecule has 3 heteroatoms. The molecule has 0 amide bonds. The van der Waals surface area contributed by atoms with E-state index in [1.54, 1.807) is 0 Å². The fourth-order valence-corrected chi connectivity index (χ4v) is 10.8. The lowest BCUT2D eigenvalue weighted by atomic mass is 9.65. The number of nitrogens with zero attached hydrogens (tertiary/aromatic N) is 2. The molecule has 4 rings (SSSR count). The number of rotatable bonds is 18. The van der Waals surface area contributed by atoms with Crippen LogP contribution in [-0.4, -0.2) is 13.2 Å². The van der Waals surface area contributed by atoms with E-state index in [1.165, 1.54) is 141 Å². The number of hydrogen-bond donors (Lipinski definition) is 0. The van der Waals surface area contributed by atoms with Crippen molar-refractivity contribution in [3.8, 4) is 12.1 Å². The van der Waals surface area contributed by atoms with Crippen LogP contribution in [0.3, 0.4) is 0 Å². The molecule has 0 radical (unpaired) electrons. The van der Waals surface area contributed by atoms with Crippen LogP contribution in [0.25, 0.3) is 0 Å². The molecule has 3 nitrogen and oxygen atoms in total. The Labute approximate surface area is 280 Å². The highest BCUT2D eigenvalue weighted by molar-refractivity contribution is 4.92. The van der Waals surface area contributed by atoms with Crippen molar-refractivity contribution < 1.29 is 4.74 Å². The highest BCUT2D eigenvalue weighted by atomic mass is 16.5. The van der Waals surface area contributed by atoms with Crippen LogP contribution in [0.5, 0.6) is 0 Å². The zero-order chi connectivity index (χ0) is 31.7. The van der Waals surface area contributed by atoms with Crippen molar-refractivity contribution in [2.24, 2.45) is 59.2 Å². The topological polar surface area (TPSA) is 56.8 Å². The highest BCUT2D eigenvalue weighted by Gasteiger charge is 2.36. The van der Waals surface area contributed by atoms with E-state index in [9.17, 15) is 10.5 Å². The Kier molecular flexibility index (Phi) is 17.2. The van der Waals surface area contributed by atoms with Gasteiger partial charge in [-0.25, -0.2) is 0 Å². The standard InChI is InChI=1S/C42H72N2O/c1-3-5-7-9-33-11-19-37(20-12-33)41(39-23-15-35(31-43)16-24-39)27-29-45-30-28-42(40-25-17-36(32-44)18-26-40)38-21-13-34(14-22-38)10-8-6-4-2/h33-42H,3-30H2,1-2H3. The monoisotopic (exact) mass is 621 g/mol. The minimum absolute atomic E-state index is 0.305. The van der Waals surface area contributed by atoms with Crippen LogP contribution >= 0.6 is 0 Å². The quantitative estimate of drug-likeness (QED) is 0.143. The smallest absolute Gasteiger partial charge is 0.0655 e. The Bertz CT molecular complexity index is 771. The summed E-state index contributed by atoms with van der Waals surface area (Å²) in [7, 11) is 0. The van der Waals surface area contributed by atoms with E-state index in [0.29, 0.717) is 11.8 Å². The maximum absolute atomic E-state index is 9.51. The lowest BCUT2D eigenvalue weighted by Gasteiger charge is -2.41. The molecule has 0 aromatic heterocycles. The molecule has 0 aromatic carbocycles. The first-order chi connectivity index (χ1) is 22.1. The summed E-state index contributed by atoms with van der Waals surface area (Å²) >= 11 is 0. The third kappa shape index (κ3) is 12.2. The zero-order valence-corrected chi connectivity index (χ0v) is 29.9. The number of unbranched alkanes of at least 4 members (excludes halogenated alkanes) is 4. The second-order valence-electron chi connectivity index (χ2n) is 16.6. The van der Waals surface area contributed by atoms with Crippen LogP contribution in [-0.2, 0) is 4.74 Å². The van der Waals surface area contributed by atoms with Crippen LogP contribution in [0.1, 0.15) is 181 Å². The van der Waals surface area contributed by atoms with Crippen LogP contribution < -0.4 is 0 Å². The van der Waals surface area contributed by atoms with Crippen molar-refractivity contribution in [3.63, 3.8) is 0 Å². The molecule has 4 fully saturated rings. The second-order valence-corrected chi connectivity index (χ2v) is 16.6. The van der Waals surface area contributed by atoms with Crippen molar-refractivity contribution in [2.75, 3.05) is 13.2 Å². The first kappa shape index (κ1) is 36.8. The normalized spacial score (nSPS) is 34.0. The average molecular weight is 621 g/mol. The molecule has 4 aliphatic rings. The third-order valence-electron chi connectivity index (χ3n) is 13.7. The Balaban J connectivity index is 1.26. The molecule has 2 unspecified atom stereocenters. The van der Waals surface area contributed by atoms with Gasteiger partial charge >= 0.3 is 0 Å². The van der Waals surface area contributed by atoms with Crippen LogP contribution in [0.4, 0.5) is 0 Å². The van der Waals surface area contributed by atoms with E-state index >= 15 is 0 Å². The van der Waals surface area contributed by atoms with E-state index in [0.717, 1.165) is 86.2 Å². The van der Waals surface area contributed by atoms with Crippen LogP contribution in [0.15, 0.2) is 0 Å². The summed E-state index contributed by atoms with van der Waals surface area (Å²) in [5.41, 5.74) is 0. The van der Waals surface area contributed by atoms with Gasteiger partial charge in [-0.1, -0.05) is 90.9 Å². The Hall–Kier alpha value is -1.06. The highest BCUT2D eigenvalue weighted by Crippen LogP contribution is 2.46. The molecule has 0 heterocycles. The van der Waals surface area contributed by atoms with E-state index in [1.807, 2.05) is 0 Å². The van der Waals surface area contributed by atoms with Crippen molar-refractivity contribution in [3.05, 3.63) is 0 Å². The third-order valence-corrected chi connectivity index (χ3v) is 13.7. The summed E-state index contributed by atoms with van der Waals surface area (Å²) in [6.07, 6.45) is 34.9. The summed E-state index contributed by atoms with van der Waals surface area (Å²) < 4.78 is 6.61. The van der Waals surface area contributed by atoms with E-state index in [2.05, 4.69) is 26.0 Å². The van der Waals surface area contributed by atoms with Crippen molar-refractivity contribution in [1.29, 1.82) is 10.5 Å². The van der Waals surface area contributed by atoms with Gasteiger partial charge in [0.25, 0.3) is 0 Å². The molecule has 2 atom stereocenters. The van der Waals surface area contributed by atoms with Crippen molar-refractivity contribution in [2.45, 2.75) is 181 Å². The van der Waals surface area contributed by atoms with Gasteiger partial charge in [0.1, 0.15) is 0 Å². The molecule has 0 saturated heterocycles. The zero-order valence-electron chi connectivity index (χ0n) is 29.9. The van der Waals surface area contributed by atoms with Gasteiger partial charge in [0.05, 0.1) is 12.1 Å². The van der Waals surface area contributed by atoms with Gasteiger partial charge in [-0.3, -0.25) is 0 Å². The van der Waals surface area contributed by atoms with Gasteiger partial charge < -0.3 is 4.74 Å². The van der Waals surface area contributed by atoms with Gasteiger partial charge in [-0.15, -0.1) is 0 Å². The van der Waals surface area contributed by atoms with E-state index < -0.39 is 0 Å². The molecule has 0 N–H and O–H groups in total. The van der Waals surface area contributed by atoms with Crippen molar-refractivity contribution in [1.82, 2.24) is 0 Å². The molecular formula is C42H72N2O. The Morgan fingerprint density at radius 2 is 0.822 bits per heavy atom. The fourth-order valence-electron chi connectivity index (χ4n) is 10.8. The van der Waals surface area contributed by atoms with Gasteiger partial charge in [-0.2, -0.15) is 10.5 Å². The minimum Gasteiger partial charge on any atom is -0.381 e. The van der Waals surface area contributed by atoms with Gasteiger partial charge in [0.2, 0.25) is 0 Å². The van der Waals surface area contributed by atoms with E-state index in [4.69, 9.17) is 4.74 Å². The molecule has 4 aliphatic carbocycles. The minimum atomic E-state index is 0.305. The Morgan fingerprint density at radius 1 is 0.489 bits per heavy atom. The maximum Gasteiger partial charge on any atom is 0.0655 e. The van der Waals surface area contributed by atoms with Gasteiger partial charge in [0.15, 0.2) is 0 Å². The van der Waals surface area contributed by atoms with Crippen LogP contribution in [0, 0.1) is 81.8 Å². The molecule has 4 saturated carbocycles. The molecule has 0 bridgehead atoms. The first-order valence-corrected chi connectivity index (χ1v) is 20.5. The molecule has 45 heavy (non-hydrogen) atoms. The summed E-state index contributed by atoms with van der Waals surface area (Å²) in [5.74, 6) is 7.58.